The lowest BCUT2D eigenvalue weighted by Gasteiger charge is -2.11. The number of hydrogen-bond acceptors (Lipinski definition) is 4. The third-order valence-corrected chi connectivity index (χ3v) is 6.48. The van der Waals surface area contributed by atoms with E-state index >= 15 is 0 Å². The first kappa shape index (κ1) is 25.5. The zero-order valence-corrected chi connectivity index (χ0v) is 21.9. The van der Waals surface area contributed by atoms with E-state index in [0.717, 1.165) is 16.7 Å². The lowest BCUT2D eigenvalue weighted by molar-refractivity contribution is -0.112. The Balaban J connectivity index is 1.72. The quantitative estimate of drug-likeness (QED) is 0.199. The van der Waals surface area contributed by atoms with E-state index in [1.807, 2.05) is 99.6 Å². The van der Waals surface area contributed by atoms with E-state index in [2.05, 4.69) is 10.4 Å². The molecule has 0 saturated carbocycles. The third-order valence-electron chi connectivity index (χ3n) is 6.48. The monoisotopic (exact) mass is 513 g/mol. The summed E-state index contributed by atoms with van der Waals surface area (Å²) in [4.78, 5) is 41.1. The van der Waals surface area contributed by atoms with Gasteiger partial charge in [0.1, 0.15) is 5.69 Å². The van der Waals surface area contributed by atoms with E-state index in [9.17, 15) is 14.4 Å². The van der Waals surface area contributed by atoms with Gasteiger partial charge >= 0.3 is 0 Å². The molecule has 0 aliphatic rings. The predicted molar refractivity (Wildman–Crippen MR) is 152 cm³/mol. The summed E-state index contributed by atoms with van der Waals surface area (Å²) >= 11 is 0. The number of anilines is 1. The fourth-order valence-corrected chi connectivity index (χ4v) is 4.31. The van der Waals surface area contributed by atoms with E-state index in [1.54, 1.807) is 28.9 Å². The second-order valence-electron chi connectivity index (χ2n) is 9.53. The fourth-order valence-electron chi connectivity index (χ4n) is 4.31. The maximum Gasteiger partial charge on any atom is 0.296 e. The van der Waals surface area contributed by atoms with Crippen LogP contribution in [-0.2, 0) is 4.79 Å². The van der Waals surface area contributed by atoms with Crippen LogP contribution >= 0.6 is 0 Å². The Morgan fingerprint density at radius 3 is 1.79 bits per heavy atom. The molecule has 0 fully saturated rings. The number of rotatable bonds is 7. The SMILES string of the molecule is Cc1ccc(NC(=O)C(=O)c2c(C(=O)c3ccc(C)cc3)nn(-c3ccccc3)c2-c2ccc(C)cc2)cc1. The van der Waals surface area contributed by atoms with Gasteiger partial charge in [0.05, 0.1) is 16.9 Å². The maximum atomic E-state index is 13.9. The number of hydrogen-bond donors (Lipinski definition) is 1. The number of aromatic nitrogens is 2. The van der Waals surface area contributed by atoms with Crippen LogP contribution in [-0.4, -0.2) is 27.3 Å². The molecule has 1 amide bonds. The molecule has 1 aromatic heterocycles. The van der Waals surface area contributed by atoms with Crippen molar-refractivity contribution >= 4 is 23.2 Å². The van der Waals surface area contributed by atoms with Gasteiger partial charge in [0.2, 0.25) is 5.78 Å². The summed E-state index contributed by atoms with van der Waals surface area (Å²) in [5.41, 5.74) is 5.48. The van der Waals surface area contributed by atoms with Crippen molar-refractivity contribution in [2.45, 2.75) is 20.8 Å². The third kappa shape index (κ3) is 5.31. The highest BCUT2D eigenvalue weighted by atomic mass is 16.2. The molecule has 6 heteroatoms. The molecule has 5 aromatic rings. The van der Waals surface area contributed by atoms with Gasteiger partial charge in [-0.2, -0.15) is 5.10 Å². The van der Waals surface area contributed by atoms with Crippen molar-refractivity contribution in [3.63, 3.8) is 0 Å². The number of para-hydroxylation sites is 1. The minimum absolute atomic E-state index is 0.0436. The second kappa shape index (κ2) is 10.7. The largest absolute Gasteiger partial charge is 0.319 e. The standard InChI is InChI=1S/C33H27N3O3/c1-21-9-15-24(16-10-21)30-28(32(38)33(39)34-26-19-13-23(3)14-20-26)29(31(37)25-17-11-22(2)12-18-25)35-36(30)27-7-5-4-6-8-27/h4-20H,1-3H3,(H,34,39). The molecule has 0 spiro atoms. The van der Waals surface area contributed by atoms with Crippen molar-refractivity contribution in [1.29, 1.82) is 0 Å². The number of ketones is 2. The summed E-state index contributed by atoms with van der Waals surface area (Å²) in [5, 5.41) is 7.35. The molecule has 0 radical (unpaired) electrons. The molecule has 0 aliphatic heterocycles. The van der Waals surface area contributed by atoms with E-state index in [0.29, 0.717) is 28.2 Å². The second-order valence-corrected chi connectivity index (χ2v) is 9.53. The van der Waals surface area contributed by atoms with Crippen LogP contribution in [0.25, 0.3) is 16.9 Å². The van der Waals surface area contributed by atoms with Gasteiger partial charge in [-0.15, -0.1) is 0 Å². The Morgan fingerprint density at radius 1 is 0.667 bits per heavy atom. The minimum Gasteiger partial charge on any atom is -0.319 e. The predicted octanol–water partition coefficient (Wildman–Crippen LogP) is 6.52. The van der Waals surface area contributed by atoms with Gasteiger partial charge in [0, 0.05) is 16.8 Å². The fraction of sp³-hybridized carbons (Fsp3) is 0.0909. The summed E-state index contributed by atoms with van der Waals surface area (Å²) in [7, 11) is 0. The number of nitrogens with one attached hydrogen (secondary N) is 1. The van der Waals surface area contributed by atoms with E-state index in [4.69, 9.17) is 0 Å². The lowest BCUT2D eigenvalue weighted by atomic mass is 9.96. The van der Waals surface area contributed by atoms with Crippen LogP contribution < -0.4 is 5.32 Å². The van der Waals surface area contributed by atoms with E-state index in [1.165, 1.54) is 0 Å². The summed E-state index contributed by atoms with van der Waals surface area (Å²) in [5.74, 6) is -2.13. The van der Waals surface area contributed by atoms with Crippen LogP contribution in [0.2, 0.25) is 0 Å². The molecular weight excluding hydrogens is 486 g/mol. The Kier molecular flexibility index (Phi) is 7.02. The van der Waals surface area contributed by atoms with Gasteiger partial charge in [-0.3, -0.25) is 14.4 Å². The van der Waals surface area contributed by atoms with Gasteiger partial charge in [0.15, 0.2) is 0 Å². The smallest absolute Gasteiger partial charge is 0.296 e. The highest BCUT2D eigenvalue weighted by Gasteiger charge is 2.33. The summed E-state index contributed by atoms with van der Waals surface area (Å²) in [6.07, 6.45) is 0. The molecule has 0 unspecified atom stereocenters. The van der Waals surface area contributed by atoms with Crippen LogP contribution in [0.3, 0.4) is 0 Å². The van der Waals surface area contributed by atoms with Gasteiger partial charge in [-0.25, -0.2) is 4.68 Å². The lowest BCUT2D eigenvalue weighted by Crippen LogP contribution is -2.25. The van der Waals surface area contributed by atoms with Crippen LogP contribution in [0.15, 0.2) is 103 Å². The van der Waals surface area contributed by atoms with Gasteiger partial charge in [0.25, 0.3) is 11.7 Å². The zero-order valence-electron chi connectivity index (χ0n) is 21.9. The molecule has 5 rings (SSSR count). The first-order valence-electron chi connectivity index (χ1n) is 12.6. The molecule has 192 valence electrons. The Bertz CT molecular complexity index is 1670. The minimum atomic E-state index is -0.849. The zero-order chi connectivity index (χ0) is 27.5. The molecule has 0 atom stereocenters. The first-order valence-corrected chi connectivity index (χ1v) is 12.6. The molecular formula is C33H27N3O3. The summed E-state index contributed by atoms with van der Waals surface area (Å²) in [6.45, 7) is 5.83. The van der Waals surface area contributed by atoms with Crippen molar-refractivity contribution in [2.24, 2.45) is 0 Å². The van der Waals surface area contributed by atoms with Crippen LogP contribution in [0.1, 0.15) is 43.1 Å². The Labute approximate surface area is 226 Å². The van der Waals surface area contributed by atoms with Gasteiger partial charge < -0.3 is 5.32 Å². The van der Waals surface area contributed by atoms with E-state index in [-0.39, 0.29) is 11.3 Å². The van der Waals surface area contributed by atoms with Gasteiger partial charge in [-0.05, 0) is 45.0 Å². The highest BCUT2D eigenvalue weighted by Crippen LogP contribution is 2.32. The highest BCUT2D eigenvalue weighted by molar-refractivity contribution is 6.48. The van der Waals surface area contributed by atoms with E-state index < -0.39 is 17.5 Å². The van der Waals surface area contributed by atoms with Crippen molar-refractivity contribution in [1.82, 2.24) is 9.78 Å². The van der Waals surface area contributed by atoms with Crippen LogP contribution in [0.4, 0.5) is 5.69 Å². The molecule has 1 N–H and O–H groups in total. The van der Waals surface area contributed by atoms with Crippen molar-refractivity contribution in [3.8, 4) is 16.9 Å². The van der Waals surface area contributed by atoms with Crippen molar-refractivity contribution < 1.29 is 14.4 Å². The number of aryl methyl sites for hydroxylation is 3. The molecule has 0 bridgehead atoms. The molecule has 1 heterocycles. The van der Waals surface area contributed by atoms with Gasteiger partial charge in [-0.1, -0.05) is 95.6 Å². The number of carbonyl (C=O) groups is 3. The average molecular weight is 514 g/mol. The summed E-state index contributed by atoms with van der Waals surface area (Å²) in [6, 6.07) is 31.0. The van der Waals surface area contributed by atoms with Crippen LogP contribution in [0, 0.1) is 20.8 Å². The maximum absolute atomic E-state index is 13.9. The molecule has 39 heavy (non-hydrogen) atoms. The average Bonchev–Trinajstić information content (AvgIpc) is 3.35. The van der Waals surface area contributed by atoms with Crippen molar-refractivity contribution in [3.05, 3.63) is 137 Å². The normalized spacial score (nSPS) is 10.7. The number of carbonyl (C=O) groups excluding carboxylic acids is 3. The van der Waals surface area contributed by atoms with Crippen LogP contribution in [0.5, 0.6) is 0 Å². The Hall–Kier alpha value is -5.10. The molecule has 6 nitrogen and oxygen atoms in total. The number of Topliss-reactive ketones (excluding diaryl/α,β-unsaturated/α-hetero) is 1. The number of amides is 1. The number of nitrogens with zero attached hydrogens (tertiary/aromatic N) is 2. The molecule has 0 aliphatic carbocycles. The van der Waals surface area contributed by atoms with Crippen molar-refractivity contribution in [2.75, 3.05) is 5.32 Å². The first-order chi connectivity index (χ1) is 18.8. The summed E-state index contributed by atoms with van der Waals surface area (Å²) < 4.78 is 1.57. The molecule has 0 saturated heterocycles. The Morgan fingerprint density at radius 2 is 1.21 bits per heavy atom. The number of benzene rings is 4. The molecule has 4 aromatic carbocycles. The topological polar surface area (TPSA) is 81.1 Å².